The van der Waals surface area contributed by atoms with E-state index in [2.05, 4.69) is 28.8 Å². The van der Waals surface area contributed by atoms with Gasteiger partial charge in [-0.2, -0.15) is 0 Å². The molecule has 2 rings (SSSR count). The highest BCUT2D eigenvalue weighted by atomic mass is 15.0. The normalized spacial score (nSPS) is 12.8. The minimum absolute atomic E-state index is 0.463. The molecular weight excluding hydrogens is 235 g/mol. The third kappa shape index (κ3) is 3.14. The lowest BCUT2D eigenvalue weighted by molar-refractivity contribution is 0.519. The van der Waals surface area contributed by atoms with Crippen molar-refractivity contribution in [3.8, 4) is 0 Å². The highest BCUT2D eigenvalue weighted by Gasteiger charge is 2.16. The zero-order valence-corrected chi connectivity index (χ0v) is 12.1. The van der Waals surface area contributed by atoms with Gasteiger partial charge in [-0.05, 0) is 12.8 Å². The number of H-pyrrole nitrogens is 1. The number of nitrogens with one attached hydrogen (secondary N) is 1. The summed E-state index contributed by atoms with van der Waals surface area (Å²) in [5.74, 6) is 1.42. The van der Waals surface area contributed by atoms with Gasteiger partial charge in [-0.25, -0.2) is 15.0 Å². The molecule has 101 valence electrons. The third-order valence-corrected chi connectivity index (χ3v) is 3.51. The summed E-state index contributed by atoms with van der Waals surface area (Å²) in [6, 6.07) is 0. The Morgan fingerprint density at radius 2 is 2.05 bits per heavy atom. The van der Waals surface area contributed by atoms with Gasteiger partial charge in [0.2, 0.25) is 0 Å². The monoisotopic (exact) mass is 257 g/mol. The van der Waals surface area contributed by atoms with Crippen LogP contribution in [0, 0.1) is 0 Å². The van der Waals surface area contributed by atoms with Crippen LogP contribution in [-0.4, -0.2) is 27.2 Å². The molecule has 0 aliphatic rings. The van der Waals surface area contributed by atoms with Crippen molar-refractivity contribution in [3.05, 3.63) is 12.2 Å². The molecule has 0 bridgehead atoms. The first-order valence-corrected chi connectivity index (χ1v) is 7.30. The van der Waals surface area contributed by atoms with Crippen molar-refractivity contribution in [2.45, 2.75) is 58.7 Å². The van der Waals surface area contributed by atoms with Crippen molar-refractivity contribution >= 4 is 24.0 Å². The number of fused-ring (bicyclic) bond motifs is 1. The van der Waals surface area contributed by atoms with Crippen LogP contribution < -0.4 is 5.59 Å². The van der Waals surface area contributed by atoms with Crippen molar-refractivity contribution in [3.63, 3.8) is 0 Å². The van der Waals surface area contributed by atoms with E-state index in [-0.39, 0.29) is 0 Å². The van der Waals surface area contributed by atoms with Crippen LogP contribution in [-0.2, 0) is 0 Å². The van der Waals surface area contributed by atoms with E-state index in [1.165, 1.54) is 25.7 Å². The van der Waals surface area contributed by atoms with Gasteiger partial charge in [0.05, 0.1) is 11.8 Å². The van der Waals surface area contributed by atoms with Crippen LogP contribution in [0.1, 0.15) is 57.7 Å². The Labute approximate surface area is 115 Å². The molecule has 5 heteroatoms. The summed E-state index contributed by atoms with van der Waals surface area (Å²) in [4.78, 5) is 16.8. The van der Waals surface area contributed by atoms with E-state index in [0.29, 0.717) is 5.92 Å². The Kier molecular flexibility index (Phi) is 4.94. The maximum absolute atomic E-state index is 4.73. The molecule has 2 aromatic rings. The molecule has 2 aromatic heterocycles. The quantitative estimate of drug-likeness (QED) is 0.776. The van der Waals surface area contributed by atoms with Gasteiger partial charge < -0.3 is 4.98 Å². The van der Waals surface area contributed by atoms with Crippen molar-refractivity contribution in [2.75, 3.05) is 0 Å². The number of hydrogen-bond acceptors (Lipinski definition) is 3. The topological polar surface area (TPSA) is 54.5 Å². The molecule has 0 aliphatic carbocycles. The number of hydrogen-bond donors (Lipinski definition) is 1. The molecule has 0 saturated carbocycles. The SMILES string of the molecule is C[B]c1nc(C(CCC)CCCC)nc2nc[nH]c12. The largest absolute Gasteiger partial charge is 0.342 e. The number of unbranched alkanes of at least 4 members (excludes halogenated alkanes) is 1. The lowest BCUT2D eigenvalue weighted by Crippen LogP contribution is -2.21. The summed E-state index contributed by atoms with van der Waals surface area (Å²) < 4.78 is 0. The number of imidazole rings is 1. The minimum atomic E-state index is 0.463. The average molecular weight is 257 g/mol. The summed E-state index contributed by atoms with van der Waals surface area (Å²) >= 11 is 0. The molecule has 1 radical (unpaired) electrons. The van der Waals surface area contributed by atoms with Gasteiger partial charge in [0.15, 0.2) is 12.9 Å². The van der Waals surface area contributed by atoms with Crippen LogP contribution >= 0.6 is 0 Å². The molecule has 0 amide bonds. The molecule has 0 saturated heterocycles. The van der Waals surface area contributed by atoms with Crippen LogP contribution in [0.15, 0.2) is 6.33 Å². The molecule has 1 N–H and O–H groups in total. The molecule has 19 heavy (non-hydrogen) atoms. The third-order valence-electron chi connectivity index (χ3n) is 3.51. The predicted octanol–water partition coefficient (Wildman–Crippen LogP) is 2.80. The first-order valence-electron chi connectivity index (χ1n) is 7.30. The van der Waals surface area contributed by atoms with E-state index in [9.17, 15) is 0 Å². The van der Waals surface area contributed by atoms with Gasteiger partial charge in [0.1, 0.15) is 5.82 Å². The fraction of sp³-hybridized carbons (Fsp3) is 0.643. The van der Waals surface area contributed by atoms with Crippen LogP contribution in [0.4, 0.5) is 0 Å². The zero-order valence-electron chi connectivity index (χ0n) is 12.1. The van der Waals surface area contributed by atoms with E-state index < -0.39 is 0 Å². The second-order valence-corrected chi connectivity index (χ2v) is 4.98. The van der Waals surface area contributed by atoms with Crippen molar-refractivity contribution in [2.24, 2.45) is 0 Å². The number of aromatic amines is 1. The lowest BCUT2D eigenvalue weighted by atomic mass is 9.77. The maximum Gasteiger partial charge on any atom is 0.180 e. The molecule has 0 aliphatic heterocycles. The molecule has 2 heterocycles. The van der Waals surface area contributed by atoms with Crippen LogP contribution in [0.3, 0.4) is 0 Å². The molecule has 4 nitrogen and oxygen atoms in total. The summed E-state index contributed by atoms with van der Waals surface area (Å²) in [6.07, 6.45) is 7.64. The van der Waals surface area contributed by atoms with Gasteiger partial charge in [-0.15, -0.1) is 0 Å². The number of rotatable bonds is 7. The lowest BCUT2D eigenvalue weighted by Gasteiger charge is -2.15. The van der Waals surface area contributed by atoms with Crippen LogP contribution in [0.2, 0.25) is 6.82 Å². The first-order chi connectivity index (χ1) is 9.30. The Morgan fingerprint density at radius 3 is 2.74 bits per heavy atom. The fourth-order valence-electron chi connectivity index (χ4n) is 2.47. The van der Waals surface area contributed by atoms with Crippen LogP contribution in [0.25, 0.3) is 11.2 Å². The molecule has 0 fully saturated rings. The fourth-order valence-corrected chi connectivity index (χ4v) is 2.47. The second-order valence-electron chi connectivity index (χ2n) is 4.98. The van der Waals surface area contributed by atoms with E-state index in [4.69, 9.17) is 4.98 Å². The maximum atomic E-state index is 4.73. The smallest absolute Gasteiger partial charge is 0.180 e. The van der Waals surface area contributed by atoms with Crippen molar-refractivity contribution < 1.29 is 0 Å². The summed E-state index contributed by atoms with van der Waals surface area (Å²) in [5.41, 5.74) is 2.70. The van der Waals surface area contributed by atoms with E-state index in [0.717, 1.165) is 29.0 Å². The van der Waals surface area contributed by atoms with Crippen molar-refractivity contribution in [1.82, 2.24) is 19.9 Å². The van der Waals surface area contributed by atoms with Crippen LogP contribution in [0.5, 0.6) is 0 Å². The molecule has 1 atom stereocenters. The standard InChI is InChI=1S/C14H22BN4/c1-4-6-8-10(7-5-2)13-18-12(15-3)11-14(19-13)17-9-16-11/h9-10H,4-8H2,1-3H3,(H,16,17,18,19). The second kappa shape index (κ2) is 6.69. The minimum Gasteiger partial charge on any atom is -0.342 e. The number of aromatic nitrogens is 4. The predicted molar refractivity (Wildman–Crippen MR) is 80.1 cm³/mol. The number of nitrogens with zero attached hydrogens (tertiary/aromatic N) is 3. The summed E-state index contributed by atoms with van der Waals surface area (Å²) in [5, 5.41) is 0. The van der Waals surface area contributed by atoms with E-state index in [1.807, 2.05) is 14.1 Å². The molecule has 0 spiro atoms. The van der Waals surface area contributed by atoms with Gasteiger partial charge >= 0.3 is 0 Å². The Bertz CT molecular complexity index is 523. The highest BCUT2D eigenvalue weighted by Crippen LogP contribution is 2.24. The Hall–Kier alpha value is -1.39. The Balaban J connectivity index is 2.34. The van der Waals surface area contributed by atoms with Gasteiger partial charge in [0.25, 0.3) is 0 Å². The zero-order chi connectivity index (χ0) is 13.7. The van der Waals surface area contributed by atoms with Gasteiger partial charge in [-0.1, -0.05) is 39.9 Å². The summed E-state index contributed by atoms with van der Waals surface area (Å²) in [6.45, 7) is 6.46. The van der Waals surface area contributed by atoms with E-state index in [1.54, 1.807) is 6.33 Å². The average Bonchev–Trinajstić information content (AvgIpc) is 2.90. The molecule has 1 unspecified atom stereocenters. The summed E-state index contributed by atoms with van der Waals surface area (Å²) in [7, 11) is 2.02. The van der Waals surface area contributed by atoms with Gasteiger partial charge in [0, 0.05) is 11.5 Å². The molecule has 0 aromatic carbocycles. The molecular formula is C14H22BN4. The first kappa shape index (κ1) is 14.0. The highest BCUT2D eigenvalue weighted by molar-refractivity contribution is 6.54. The van der Waals surface area contributed by atoms with E-state index >= 15 is 0 Å². The van der Waals surface area contributed by atoms with Gasteiger partial charge in [-0.3, -0.25) is 0 Å². The Morgan fingerprint density at radius 1 is 1.21 bits per heavy atom. The van der Waals surface area contributed by atoms with Crippen molar-refractivity contribution in [1.29, 1.82) is 0 Å².